The number of nitrogens with zero attached hydrogens (tertiary/aromatic N) is 1. The molecule has 34 heavy (non-hydrogen) atoms. The minimum absolute atomic E-state index is 0.110. The lowest BCUT2D eigenvalue weighted by atomic mass is 9.62. The molecule has 0 spiro atoms. The summed E-state index contributed by atoms with van der Waals surface area (Å²) in [6.45, 7) is 7.87. The standard InChI is InChI=1S/C26H26F3NO3S/c1-24(2)9-10-25(3,4)18-14-20(19(13-17(18)24)26(27,28)29)30-21(22(31)34-23(30)32)12-15-7-6-8-16(11-15)33-5/h6-8,11-14H,9-10H2,1-5H3. The van der Waals surface area contributed by atoms with E-state index in [4.69, 9.17) is 4.74 Å². The highest BCUT2D eigenvalue weighted by molar-refractivity contribution is 8.27. The number of hydrogen-bond acceptors (Lipinski definition) is 4. The average Bonchev–Trinajstić information content (AvgIpc) is 3.03. The molecule has 0 aromatic heterocycles. The lowest BCUT2D eigenvalue weighted by Gasteiger charge is -2.43. The Morgan fingerprint density at radius 3 is 2.21 bits per heavy atom. The maximum absolute atomic E-state index is 14.3. The van der Waals surface area contributed by atoms with E-state index < -0.39 is 27.5 Å². The first-order valence-electron chi connectivity index (χ1n) is 10.9. The molecule has 1 aliphatic heterocycles. The van der Waals surface area contributed by atoms with Gasteiger partial charge in [0.05, 0.1) is 18.4 Å². The van der Waals surface area contributed by atoms with Crippen molar-refractivity contribution in [1.82, 2.24) is 0 Å². The van der Waals surface area contributed by atoms with E-state index in [2.05, 4.69) is 0 Å². The monoisotopic (exact) mass is 489 g/mol. The molecule has 1 fully saturated rings. The van der Waals surface area contributed by atoms with Crippen LogP contribution in [0.3, 0.4) is 0 Å². The maximum Gasteiger partial charge on any atom is 0.418 e. The van der Waals surface area contributed by atoms with Crippen LogP contribution < -0.4 is 9.64 Å². The molecule has 0 saturated carbocycles. The topological polar surface area (TPSA) is 46.6 Å². The molecule has 1 heterocycles. The van der Waals surface area contributed by atoms with Gasteiger partial charge in [0.15, 0.2) is 0 Å². The zero-order valence-electron chi connectivity index (χ0n) is 19.7. The highest BCUT2D eigenvalue weighted by Gasteiger charge is 2.46. The van der Waals surface area contributed by atoms with Gasteiger partial charge in [0.25, 0.3) is 5.24 Å². The van der Waals surface area contributed by atoms with Crippen molar-refractivity contribution in [3.63, 3.8) is 0 Å². The second-order valence-corrected chi connectivity index (χ2v) is 10.9. The molecule has 2 aromatic carbocycles. The summed E-state index contributed by atoms with van der Waals surface area (Å²) in [5.41, 5.74) is -0.222. The van der Waals surface area contributed by atoms with Crippen LogP contribution in [0.15, 0.2) is 42.1 Å². The van der Waals surface area contributed by atoms with Crippen molar-refractivity contribution in [3.8, 4) is 5.75 Å². The maximum atomic E-state index is 14.3. The number of benzene rings is 2. The zero-order chi connectivity index (χ0) is 25.1. The summed E-state index contributed by atoms with van der Waals surface area (Å²) < 4.78 is 48.2. The molecule has 1 amide bonds. The Kier molecular flexibility index (Phi) is 5.87. The van der Waals surface area contributed by atoms with Gasteiger partial charge in [0.1, 0.15) is 11.4 Å². The Labute approximate surface area is 201 Å². The second kappa shape index (κ2) is 8.18. The number of hydrogen-bond donors (Lipinski definition) is 0. The quantitative estimate of drug-likeness (QED) is 0.424. The van der Waals surface area contributed by atoms with Crippen LogP contribution in [-0.4, -0.2) is 17.5 Å². The Balaban J connectivity index is 1.97. The number of alkyl halides is 3. The summed E-state index contributed by atoms with van der Waals surface area (Å²) in [6.07, 6.45) is -1.73. The van der Waals surface area contributed by atoms with Crippen molar-refractivity contribution in [3.05, 3.63) is 64.3 Å². The predicted molar refractivity (Wildman–Crippen MR) is 128 cm³/mol. The molecule has 1 aliphatic carbocycles. The van der Waals surface area contributed by atoms with E-state index >= 15 is 0 Å². The molecular weight excluding hydrogens is 463 g/mol. The fraction of sp³-hybridized carbons (Fsp3) is 0.385. The van der Waals surface area contributed by atoms with E-state index in [0.29, 0.717) is 28.6 Å². The van der Waals surface area contributed by atoms with E-state index in [0.717, 1.165) is 23.3 Å². The fourth-order valence-electron chi connectivity index (χ4n) is 4.62. The van der Waals surface area contributed by atoms with Crippen LogP contribution in [0.25, 0.3) is 6.08 Å². The van der Waals surface area contributed by atoms with E-state index in [9.17, 15) is 22.8 Å². The van der Waals surface area contributed by atoms with E-state index in [1.807, 2.05) is 27.7 Å². The Hall–Kier alpha value is -2.74. The molecule has 4 nitrogen and oxygen atoms in total. The van der Waals surface area contributed by atoms with Crippen LogP contribution in [-0.2, 0) is 21.8 Å². The number of carbonyl (C=O) groups excluding carboxylic acids is 2. The highest BCUT2D eigenvalue weighted by Crippen LogP contribution is 2.51. The van der Waals surface area contributed by atoms with Crippen molar-refractivity contribution in [2.75, 3.05) is 12.0 Å². The van der Waals surface area contributed by atoms with Crippen LogP contribution in [0.1, 0.15) is 62.8 Å². The molecule has 0 atom stereocenters. The van der Waals surface area contributed by atoms with Crippen molar-refractivity contribution in [2.24, 2.45) is 0 Å². The molecule has 2 aromatic rings. The number of ether oxygens (including phenoxy) is 1. The normalized spacial score (nSPS) is 20.6. The second-order valence-electron chi connectivity index (χ2n) is 9.98. The first kappa shape index (κ1) is 24.4. The number of halogens is 3. The van der Waals surface area contributed by atoms with E-state index in [1.54, 1.807) is 24.3 Å². The summed E-state index contributed by atoms with van der Waals surface area (Å²) in [5, 5.41) is -1.35. The van der Waals surface area contributed by atoms with Gasteiger partial charge in [-0.3, -0.25) is 14.5 Å². The van der Waals surface area contributed by atoms with Crippen LogP contribution >= 0.6 is 11.8 Å². The minimum Gasteiger partial charge on any atom is -0.497 e. The third kappa shape index (κ3) is 4.24. The highest BCUT2D eigenvalue weighted by atomic mass is 32.2. The van der Waals surface area contributed by atoms with Gasteiger partial charge in [-0.05, 0) is 70.7 Å². The molecule has 0 unspecified atom stereocenters. The lowest BCUT2D eigenvalue weighted by molar-refractivity contribution is -0.137. The Morgan fingerprint density at radius 2 is 1.62 bits per heavy atom. The van der Waals surface area contributed by atoms with Gasteiger partial charge in [-0.15, -0.1) is 0 Å². The molecular formula is C26H26F3NO3S. The minimum atomic E-state index is -4.71. The van der Waals surface area contributed by atoms with Crippen molar-refractivity contribution in [1.29, 1.82) is 0 Å². The Morgan fingerprint density at radius 1 is 1.00 bits per heavy atom. The van der Waals surface area contributed by atoms with Gasteiger partial charge >= 0.3 is 6.18 Å². The summed E-state index contributed by atoms with van der Waals surface area (Å²) in [7, 11) is 1.49. The SMILES string of the molecule is COc1cccc(C=C2C(=O)SC(=O)N2c2cc3c(cc2C(F)(F)F)C(C)(C)CCC3(C)C)c1. The summed E-state index contributed by atoms with van der Waals surface area (Å²) in [4.78, 5) is 26.5. The average molecular weight is 490 g/mol. The summed E-state index contributed by atoms with van der Waals surface area (Å²) in [5.74, 6) is 0.527. The molecule has 0 N–H and O–H groups in total. The fourth-order valence-corrected chi connectivity index (χ4v) is 5.32. The number of carbonyl (C=O) groups is 2. The summed E-state index contributed by atoms with van der Waals surface area (Å²) in [6, 6.07) is 9.40. The lowest BCUT2D eigenvalue weighted by Crippen LogP contribution is -2.35. The number of anilines is 1. The van der Waals surface area contributed by atoms with Gasteiger partial charge in [-0.1, -0.05) is 39.8 Å². The van der Waals surface area contributed by atoms with Crippen LogP contribution in [0.4, 0.5) is 23.7 Å². The molecule has 180 valence electrons. The molecule has 1 saturated heterocycles. The molecule has 2 aliphatic rings. The number of thioether (sulfide) groups is 1. The third-order valence-corrected chi connectivity index (χ3v) is 7.48. The van der Waals surface area contributed by atoms with Gasteiger partial charge in [-0.2, -0.15) is 13.2 Å². The largest absolute Gasteiger partial charge is 0.497 e. The molecule has 4 rings (SSSR count). The predicted octanol–water partition coefficient (Wildman–Crippen LogP) is 7.30. The van der Waals surface area contributed by atoms with Crippen LogP contribution in [0, 0.1) is 0 Å². The smallest absolute Gasteiger partial charge is 0.418 e. The van der Waals surface area contributed by atoms with Gasteiger partial charge < -0.3 is 4.74 Å². The number of methoxy groups -OCH3 is 1. The third-order valence-electron chi connectivity index (χ3n) is 6.73. The molecule has 0 radical (unpaired) electrons. The number of amides is 1. The number of fused-ring (bicyclic) bond motifs is 1. The van der Waals surface area contributed by atoms with E-state index in [1.165, 1.54) is 25.3 Å². The first-order valence-corrected chi connectivity index (χ1v) is 11.7. The van der Waals surface area contributed by atoms with Crippen LogP contribution in [0.5, 0.6) is 5.75 Å². The molecule has 0 bridgehead atoms. The van der Waals surface area contributed by atoms with Gasteiger partial charge in [0.2, 0.25) is 5.12 Å². The van der Waals surface area contributed by atoms with Crippen molar-refractivity contribution >= 4 is 33.9 Å². The zero-order valence-corrected chi connectivity index (χ0v) is 20.5. The van der Waals surface area contributed by atoms with Crippen molar-refractivity contribution < 1.29 is 27.5 Å². The van der Waals surface area contributed by atoms with Crippen molar-refractivity contribution in [2.45, 2.75) is 57.5 Å². The molecule has 8 heteroatoms. The van der Waals surface area contributed by atoms with Gasteiger partial charge in [0, 0.05) is 11.8 Å². The van der Waals surface area contributed by atoms with Crippen LogP contribution in [0.2, 0.25) is 0 Å². The van der Waals surface area contributed by atoms with Gasteiger partial charge in [-0.25, -0.2) is 0 Å². The number of rotatable bonds is 3. The summed E-state index contributed by atoms with van der Waals surface area (Å²) >= 11 is 0.398. The first-order chi connectivity index (χ1) is 15.7. The van der Waals surface area contributed by atoms with E-state index in [-0.39, 0.29) is 16.8 Å². The Bertz CT molecular complexity index is 1210.